The first-order valence-corrected chi connectivity index (χ1v) is 10.2. The van der Waals surface area contributed by atoms with Crippen molar-refractivity contribution in [1.29, 1.82) is 5.72 Å². The van der Waals surface area contributed by atoms with Gasteiger partial charge in [-0.1, -0.05) is 30.0 Å². The van der Waals surface area contributed by atoms with Gasteiger partial charge in [0.25, 0.3) is 2.86 Å². The van der Waals surface area contributed by atoms with Crippen LogP contribution < -0.4 is 9.47 Å². The molecule has 1 aliphatic heterocycles. The van der Waals surface area contributed by atoms with E-state index in [0.29, 0.717) is 11.5 Å². The molecule has 2 aromatic carbocycles. The topological polar surface area (TPSA) is 140 Å². The van der Waals surface area contributed by atoms with Gasteiger partial charge in [-0.25, -0.2) is 0 Å². The number of benzene rings is 2. The number of methoxy groups -OCH3 is 2. The van der Waals surface area contributed by atoms with E-state index in [1.807, 2.05) is 4.93 Å². The highest BCUT2D eigenvalue weighted by atomic mass is 127. The molecule has 0 unspecified atom stereocenters. The lowest BCUT2D eigenvalue weighted by Gasteiger charge is -2.00. The first-order chi connectivity index (χ1) is 15.5. The molecule has 0 atom stereocenters. The van der Waals surface area contributed by atoms with E-state index >= 15 is 0 Å². The van der Waals surface area contributed by atoms with Gasteiger partial charge in [0, 0.05) is 25.3 Å². The highest BCUT2D eigenvalue weighted by molar-refractivity contribution is 14.1. The van der Waals surface area contributed by atoms with Crippen LogP contribution in [0.2, 0.25) is 0 Å². The lowest BCUT2D eigenvalue weighted by atomic mass is 10.3. The highest BCUT2D eigenvalue weighted by Crippen LogP contribution is 2.28. The molecule has 0 amide bonds. The predicted molar refractivity (Wildman–Crippen MR) is 123 cm³/mol. The van der Waals surface area contributed by atoms with Crippen LogP contribution in [0.1, 0.15) is 20.3 Å². The molecule has 1 aliphatic rings. The Bertz CT molecular complexity index is 702. The minimum atomic E-state index is -0.167. The Balaban J connectivity index is -0.000000385. The van der Waals surface area contributed by atoms with Crippen LogP contribution in [0, 0.1) is 0 Å². The molecule has 0 aromatic heterocycles. The Kier molecular flexibility index (Phi) is 15.4. The molecule has 1 fully saturated rings. The van der Waals surface area contributed by atoms with E-state index in [9.17, 15) is 0 Å². The van der Waals surface area contributed by atoms with Crippen molar-refractivity contribution in [3.8, 4) is 34.5 Å². The average Bonchev–Trinajstić information content (AvgIpc) is 3.43. The van der Waals surface area contributed by atoms with Crippen molar-refractivity contribution >= 4 is 22.6 Å². The van der Waals surface area contributed by atoms with Gasteiger partial charge in [-0.3, -0.25) is 0 Å². The van der Waals surface area contributed by atoms with Gasteiger partial charge < -0.3 is 40.1 Å². The fourth-order valence-electron chi connectivity index (χ4n) is 1.76. The van der Waals surface area contributed by atoms with E-state index in [1.54, 1.807) is 12.1 Å². The largest absolute Gasteiger partial charge is 0.504 e. The lowest BCUT2D eigenvalue weighted by Crippen LogP contribution is -1.80. The van der Waals surface area contributed by atoms with Crippen LogP contribution in [0.25, 0.3) is 0 Å². The number of rotatable bonds is 4. The van der Waals surface area contributed by atoms with Crippen molar-refractivity contribution < 1.29 is 40.1 Å². The molecule has 0 radical (unpaired) electrons. The van der Waals surface area contributed by atoms with Gasteiger partial charge in [-0.2, -0.15) is 0 Å². The number of hydrogen-bond acceptors (Lipinski definition) is 7. The van der Waals surface area contributed by atoms with Crippen LogP contribution in [0.4, 0.5) is 0 Å². The first kappa shape index (κ1) is 23.2. The van der Waals surface area contributed by atoms with Gasteiger partial charge in [0.05, 0.1) is 14.2 Å². The van der Waals surface area contributed by atoms with Crippen molar-refractivity contribution in [1.82, 2.24) is 0 Å². The summed E-state index contributed by atoms with van der Waals surface area (Å²) in [4.78, 5) is 1.97. The maximum absolute atomic E-state index is 8.90. The number of phenols is 4. The van der Waals surface area contributed by atoms with Gasteiger partial charge in [-0.15, -0.1) is 0 Å². The van der Waals surface area contributed by atoms with E-state index in [0.717, 1.165) is 13.2 Å². The molecule has 168 valence electrons. The minimum absolute atomic E-state index is 0. The molecule has 0 aliphatic carbocycles. The van der Waals surface area contributed by atoms with Crippen molar-refractivity contribution in [3.05, 3.63) is 36.4 Å². The zero-order valence-electron chi connectivity index (χ0n) is 20.0. The Morgan fingerprint density at radius 3 is 1.69 bits per heavy atom. The van der Waals surface area contributed by atoms with E-state index in [1.165, 1.54) is 51.3 Å². The van der Waals surface area contributed by atoms with Gasteiger partial charge in [-0.05, 0) is 42.0 Å². The maximum atomic E-state index is 8.90. The van der Waals surface area contributed by atoms with Crippen molar-refractivity contribution in [2.75, 3.05) is 32.4 Å². The number of ether oxygens (including phenoxy) is 3. The summed E-state index contributed by atoms with van der Waals surface area (Å²) in [6, 6.07) is 8.86. The Morgan fingerprint density at radius 1 is 0.897 bits per heavy atom. The standard InChI is InChI=1S/2C7H8O3.C4H8O.CH3I.CH4.H2O/c2*1-10-5-2-3-6(8)7(9)4-5;1-2-4-5-3-1;1-2;;/h2*2-4,8-9H,1H3;1-4H2;1H3;1H4;1H2/i/hD4. The van der Waals surface area contributed by atoms with Crippen LogP contribution in [0.5, 0.6) is 34.5 Å². The van der Waals surface area contributed by atoms with Crippen LogP contribution >= 0.6 is 22.6 Å². The second kappa shape index (κ2) is 19.2. The number of alkyl halides is 1. The van der Waals surface area contributed by atoms with E-state index in [4.69, 9.17) is 30.1 Å². The fourth-order valence-corrected chi connectivity index (χ4v) is 1.76. The molecule has 9 heteroatoms. The zero-order chi connectivity index (χ0) is 24.8. The third kappa shape index (κ3) is 13.7. The second-order valence-corrected chi connectivity index (χ2v) is 4.99. The summed E-state index contributed by atoms with van der Waals surface area (Å²) < 4.78 is 38.6. The zero-order valence-corrected chi connectivity index (χ0v) is 18.2. The third-order valence-electron chi connectivity index (χ3n) is 3.16. The predicted octanol–water partition coefficient (Wildman–Crippen LogP) is 3.87. The van der Waals surface area contributed by atoms with Gasteiger partial charge in [0.15, 0.2) is 23.0 Å². The molecule has 2 aromatic rings. The van der Waals surface area contributed by atoms with Crippen LogP contribution in [0.15, 0.2) is 36.4 Å². The van der Waals surface area contributed by atoms with Crippen molar-refractivity contribution in [3.63, 3.8) is 0 Å². The molecule has 1 heterocycles. The summed E-state index contributed by atoms with van der Waals surface area (Å²) in [6.07, 6.45) is 2.56. The minimum Gasteiger partial charge on any atom is -0.504 e. The third-order valence-corrected chi connectivity index (χ3v) is 3.16. The molecule has 0 spiro atoms. The monoisotopic (exact) mass is 532 g/mol. The van der Waals surface area contributed by atoms with Crippen LogP contribution in [-0.4, -0.2) is 64.0 Å². The van der Waals surface area contributed by atoms with E-state index < -0.39 is 0 Å². The van der Waals surface area contributed by atoms with Crippen molar-refractivity contribution in [2.24, 2.45) is 0 Å². The molecule has 3 rings (SSSR count). The summed E-state index contributed by atoms with van der Waals surface area (Å²) in [5.41, 5.74) is 2.75. The number of halogens is 1. The van der Waals surface area contributed by atoms with E-state index in [2.05, 4.69) is 38.3 Å². The normalized spacial score (nSPS) is 12.1. The summed E-state index contributed by atoms with van der Waals surface area (Å²) in [6.45, 7) is 2.00. The van der Waals surface area contributed by atoms with Gasteiger partial charge in [0.1, 0.15) is 11.5 Å². The second-order valence-electron chi connectivity index (χ2n) is 4.99. The summed E-state index contributed by atoms with van der Waals surface area (Å²) >= 11 is 2.15. The van der Waals surface area contributed by atoms with Crippen LogP contribution in [-0.2, 0) is 4.74 Å². The number of hydrogen-bond donors (Lipinski definition) is 4. The fraction of sp³-hybridized carbons (Fsp3) is 0.400. The lowest BCUT2D eigenvalue weighted by molar-refractivity contribution is 0.198. The number of aromatic hydroxyl groups is 4. The Morgan fingerprint density at radius 2 is 1.34 bits per heavy atom. The molecular formula is C20H33IO8. The Hall–Kier alpha value is -2.11. The summed E-state index contributed by atoms with van der Waals surface area (Å²) in [7, 11) is 3.00. The summed E-state index contributed by atoms with van der Waals surface area (Å²) in [5.74, 6) is 1.11. The highest BCUT2D eigenvalue weighted by Gasteiger charge is 1.99. The molecule has 0 bridgehead atoms. The quantitative estimate of drug-likeness (QED) is 0.266. The molecule has 0 saturated carbocycles. The number of phenolic OH excluding ortho intramolecular Hbond substituents is 4. The molecular weight excluding hydrogens is 495 g/mol. The smallest absolute Gasteiger partial charge is 0.293 e. The average molecular weight is 532 g/mol. The molecule has 1 saturated heterocycles. The molecule has 8 nitrogen and oxygen atoms in total. The van der Waals surface area contributed by atoms with Gasteiger partial charge >= 0.3 is 0 Å². The molecule has 6 N–H and O–H groups in total. The SMILES string of the molecule is C.C1CCOC1.CI.COc1ccc(O)c(O)c1.[2H]O[2H].[2H]Oc1ccc(OC)cc1O[2H]. The van der Waals surface area contributed by atoms with Crippen molar-refractivity contribution in [2.45, 2.75) is 20.3 Å². The van der Waals surface area contributed by atoms with Crippen LogP contribution in [0.3, 0.4) is 0 Å². The van der Waals surface area contributed by atoms with E-state index in [-0.39, 0.29) is 30.4 Å². The maximum Gasteiger partial charge on any atom is 0.293 e. The Labute approximate surface area is 192 Å². The first-order valence-electron chi connectivity index (χ1n) is 9.64. The molecule has 29 heavy (non-hydrogen) atoms. The summed E-state index contributed by atoms with van der Waals surface area (Å²) in [5, 5.41) is 26.1. The van der Waals surface area contributed by atoms with Gasteiger partial charge in [0.2, 0.25) is 2.86 Å².